The normalized spacial score (nSPS) is 23.0. The van der Waals surface area contributed by atoms with Crippen LogP contribution in [-0.4, -0.2) is 35.2 Å². The zero-order valence-corrected chi connectivity index (χ0v) is 15.4. The third-order valence-corrected chi connectivity index (χ3v) is 5.74. The lowest BCUT2D eigenvalue weighted by molar-refractivity contribution is -0.0321. The molecule has 2 aliphatic rings. The third kappa shape index (κ3) is 4.85. The Morgan fingerprint density at radius 1 is 1.04 bits per heavy atom. The van der Waals surface area contributed by atoms with Gasteiger partial charge in [-0.15, -0.1) is 12.4 Å². The average molecular weight is 358 g/mol. The number of likely N-dealkylation sites (tertiary alicyclic amines) is 1. The van der Waals surface area contributed by atoms with Gasteiger partial charge in [-0.2, -0.15) is 0 Å². The number of rotatable bonds is 4. The Labute approximate surface area is 151 Å². The number of hydrogen-bond donors (Lipinski definition) is 1. The lowest BCUT2D eigenvalue weighted by Crippen LogP contribution is -2.45. The minimum Gasteiger partial charge on any atom is -0.389 e. The lowest BCUT2D eigenvalue weighted by atomic mass is 9.72. The molecule has 23 heavy (non-hydrogen) atoms. The van der Waals surface area contributed by atoms with Gasteiger partial charge in [-0.05, 0) is 56.5 Å². The fourth-order valence-corrected chi connectivity index (χ4v) is 4.42. The number of hydrogen-bond acceptors (Lipinski definition) is 2. The first-order valence-electron chi connectivity index (χ1n) is 8.88. The second-order valence-electron chi connectivity index (χ2n) is 7.13. The largest absolute Gasteiger partial charge is 0.389 e. The van der Waals surface area contributed by atoms with Gasteiger partial charge in [0.05, 0.1) is 5.60 Å². The van der Waals surface area contributed by atoms with Gasteiger partial charge >= 0.3 is 0 Å². The Hall–Kier alpha value is -0.280. The fraction of sp³-hybridized carbons (Fsp3) is 0.684. The molecule has 1 heterocycles. The Bertz CT molecular complexity index is 482. The molecule has 0 aromatic heterocycles. The molecule has 1 saturated heterocycles. The van der Waals surface area contributed by atoms with E-state index in [2.05, 4.69) is 17.0 Å². The molecule has 0 bridgehead atoms. The number of benzene rings is 1. The minimum atomic E-state index is -0.555. The molecule has 1 aliphatic carbocycles. The van der Waals surface area contributed by atoms with E-state index in [0.717, 1.165) is 37.3 Å². The maximum Gasteiger partial charge on any atom is 0.0728 e. The summed E-state index contributed by atoms with van der Waals surface area (Å²) in [6.45, 7) is 3.32. The molecule has 4 heteroatoms. The Morgan fingerprint density at radius 3 is 2.35 bits per heavy atom. The minimum absolute atomic E-state index is 0. The monoisotopic (exact) mass is 357 g/mol. The van der Waals surface area contributed by atoms with Gasteiger partial charge in [0.25, 0.3) is 0 Å². The topological polar surface area (TPSA) is 23.5 Å². The summed E-state index contributed by atoms with van der Waals surface area (Å²) in [5, 5.41) is 12.1. The van der Waals surface area contributed by atoms with Crippen molar-refractivity contribution in [2.45, 2.75) is 62.9 Å². The van der Waals surface area contributed by atoms with Crippen LogP contribution >= 0.6 is 24.0 Å². The van der Waals surface area contributed by atoms with Crippen molar-refractivity contribution in [3.05, 3.63) is 34.9 Å². The zero-order valence-electron chi connectivity index (χ0n) is 13.8. The van der Waals surface area contributed by atoms with E-state index in [1.165, 1.54) is 44.3 Å². The molecule has 1 unspecified atom stereocenters. The standard InChI is InChI=1S/C19H28ClNO.ClH/c20-17-9-7-8-16(14-17)18(15-21-12-5-2-6-13-21)19(22)10-3-1-4-11-19;/h7-9,14,18,22H,1-6,10-13,15H2;1H. The molecule has 0 amide bonds. The quantitative estimate of drug-likeness (QED) is 0.816. The summed E-state index contributed by atoms with van der Waals surface area (Å²) in [6, 6.07) is 8.15. The van der Waals surface area contributed by atoms with Crippen LogP contribution in [-0.2, 0) is 0 Å². The lowest BCUT2D eigenvalue weighted by Gasteiger charge is -2.42. The molecule has 3 rings (SSSR count). The van der Waals surface area contributed by atoms with Crippen LogP contribution in [0.5, 0.6) is 0 Å². The SMILES string of the molecule is Cl.OC1(C(CN2CCCCC2)c2cccc(Cl)c2)CCCCC1. The molecule has 0 radical (unpaired) electrons. The Balaban J connectivity index is 0.00000192. The van der Waals surface area contributed by atoms with Crippen LogP contribution in [0.25, 0.3) is 0 Å². The highest BCUT2D eigenvalue weighted by Crippen LogP contribution is 2.41. The highest BCUT2D eigenvalue weighted by atomic mass is 35.5. The van der Waals surface area contributed by atoms with E-state index in [4.69, 9.17) is 11.6 Å². The summed E-state index contributed by atoms with van der Waals surface area (Å²) >= 11 is 6.22. The highest BCUT2D eigenvalue weighted by molar-refractivity contribution is 6.30. The molecule has 2 nitrogen and oxygen atoms in total. The second-order valence-corrected chi connectivity index (χ2v) is 7.57. The van der Waals surface area contributed by atoms with Crippen molar-refractivity contribution >= 4 is 24.0 Å². The van der Waals surface area contributed by atoms with E-state index >= 15 is 0 Å². The molecule has 1 aromatic carbocycles. The maximum absolute atomic E-state index is 11.3. The fourth-order valence-electron chi connectivity index (χ4n) is 4.22. The summed E-state index contributed by atoms with van der Waals surface area (Å²) in [4.78, 5) is 2.54. The van der Waals surface area contributed by atoms with Gasteiger partial charge in [0.15, 0.2) is 0 Å². The molecule has 130 valence electrons. The zero-order chi connectivity index (χ0) is 15.4. The van der Waals surface area contributed by atoms with Crippen LogP contribution < -0.4 is 0 Å². The van der Waals surface area contributed by atoms with Crippen LogP contribution in [0.2, 0.25) is 5.02 Å². The van der Waals surface area contributed by atoms with Crippen LogP contribution in [0.3, 0.4) is 0 Å². The van der Waals surface area contributed by atoms with Crippen molar-refractivity contribution < 1.29 is 5.11 Å². The number of halogens is 2. The summed E-state index contributed by atoms with van der Waals surface area (Å²) in [6.07, 6.45) is 9.34. The molecule has 1 aliphatic heterocycles. The summed E-state index contributed by atoms with van der Waals surface area (Å²) in [7, 11) is 0. The van der Waals surface area contributed by atoms with Crippen LogP contribution in [0.1, 0.15) is 62.8 Å². The number of aliphatic hydroxyl groups is 1. The van der Waals surface area contributed by atoms with E-state index in [1.54, 1.807) is 0 Å². The van der Waals surface area contributed by atoms with E-state index in [-0.39, 0.29) is 18.3 Å². The van der Waals surface area contributed by atoms with E-state index < -0.39 is 5.60 Å². The highest BCUT2D eigenvalue weighted by Gasteiger charge is 2.39. The summed E-state index contributed by atoms with van der Waals surface area (Å²) in [5.74, 6) is 0.185. The van der Waals surface area contributed by atoms with E-state index in [0.29, 0.717) is 0 Å². The van der Waals surface area contributed by atoms with E-state index in [9.17, 15) is 5.11 Å². The van der Waals surface area contributed by atoms with Crippen molar-refractivity contribution in [2.24, 2.45) is 0 Å². The van der Waals surface area contributed by atoms with Crippen molar-refractivity contribution in [2.75, 3.05) is 19.6 Å². The van der Waals surface area contributed by atoms with Crippen LogP contribution in [0, 0.1) is 0 Å². The molecule has 1 N–H and O–H groups in total. The molecule has 1 saturated carbocycles. The molecule has 1 aromatic rings. The maximum atomic E-state index is 11.3. The van der Waals surface area contributed by atoms with Gasteiger partial charge in [0, 0.05) is 17.5 Å². The van der Waals surface area contributed by atoms with Crippen molar-refractivity contribution in [1.82, 2.24) is 4.90 Å². The van der Waals surface area contributed by atoms with Gasteiger partial charge in [-0.3, -0.25) is 0 Å². The third-order valence-electron chi connectivity index (χ3n) is 5.51. The van der Waals surface area contributed by atoms with Crippen LogP contribution in [0.15, 0.2) is 24.3 Å². The van der Waals surface area contributed by atoms with Gasteiger partial charge in [0.1, 0.15) is 0 Å². The van der Waals surface area contributed by atoms with Gasteiger partial charge in [-0.25, -0.2) is 0 Å². The smallest absolute Gasteiger partial charge is 0.0728 e. The van der Waals surface area contributed by atoms with Crippen molar-refractivity contribution in [3.63, 3.8) is 0 Å². The molecule has 1 atom stereocenters. The van der Waals surface area contributed by atoms with Gasteiger partial charge in [0.2, 0.25) is 0 Å². The van der Waals surface area contributed by atoms with E-state index in [1.807, 2.05) is 12.1 Å². The molecule has 2 fully saturated rings. The van der Waals surface area contributed by atoms with Crippen molar-refractivity contribution in [1.29, 1.82) is 0 Å². The first-order chi connectivity index (χ1) is 10.7. The van der Waals surface area contributed by atoms with Crippen molar-refractivity contribution in [3.8, 4) is 0 Å². The summed E-state index contributed by atoms with van der Waals surface area (Å²) < 4.78 is 0. The predicted octanol–water partition coefficient (Wildman–Crippen LogP) is 5.03. The first-order valence-corrected chi connectivity index (χ1v) is 9.25. The molecular formula is C19H29Cl2NO. The Morgan fingerprint density at radius 2 is 1.70 bits per heavy atom. The first kappa shape index (κ1) is 19.1. The van der Waals surface area contributed by atoms with Gasteiger partial charge < -0.3 is 10.0 Å². The predicted molar refractivity (Wildman–Crippen MR) is 99.8 cm³/mol. The second kappa shape index (κ2) is 8.71. The summed E-state index contributed by atoms with van der Waals surface area (Å²) in [5.41, 5.74) is 0.655. The number of piperidine rings is 1. The molecule has 0 spiro atoms. The average Bonchev–Trinajstić information content (AvgIpc) is 2.54. The molecular weight excluding hydrogens is 329 g/mol. The Kier molecular flexibility index (Phi) is 7.21. The van der Waals surface area contributed by atoms with Gasteiger partial charge in [-0.1, -0.05) is 49.4 Å². The van der Waals surface area contributed by atoms with Crippen LogP contribution in [0.4, 0.5) is 0 Å². The number of nitrogens with zero attached hydrogens (tertiary/aromatic N) is 1.